The van der Waals surface area contributed by atoms with Crippen molar-refractivity contribution in [2.75, 3.05) is 37.7 Å². The van der Waals surface area contributed by atoms with Crippen LogP contribution in [-0.2, 0) is 10.0 Å². The van der Waals surface area contributed by atoms with Crippen LogP contribution in [0.1, 0.15) is 33.1 Å². The molecule has 124 valence electrons. The molecule has 0 bridgehead atoms. The minimum Gasteiger partial charge on any atom is -0.357 e. The summed E-state index contributed by atoms with van der Waals surface area (Å²) in [5.41, 5.74) is 0. The van der Waals surface area contributed by atoms with E-state index in [0.29, 0.717) is 18.3 Å². The summed E-state index contributed by atoms with van der Waals surface area (Å²) in [6, 6.07) is 0. The Morgan fingerprint density at radius 3 is 2.71 bits per heavy atom. The molecule has 1 aliphatic rings. The predicted molar refractivity (Wildman–Crippen MR) is 91.5 cm³/mol. The second kappa shape index (κ2) is 10.3. The highest BCUT2D eigenvalue weighted by molar-refractivity contribution is 8.00. The molecular weight excluding hydrogens is 308 g/mol. The minimum atomic E-state index is -3.08. The Morgan fingerprint density at radius 2 is 2.10 bits per heavy atom. The standard InChI is InChI=1S/C13H28N4O2S2/c1-3-14-13(16-11-12-7-5-10-20-12)15-8-6-9-17-21(18,19)4-2/h12,17H,3-11H2,1-2H3,(H2,14,15,16). The van der Waals surface area contributed by atoms with Crippen molar-refractivity contribution in [3.8, 4) is 0 Å². The number of hydrogen-bond acceptors (Lipinski definition) is 4. The molecule has 1 unspecified atom stereocenters. The maximum absolute atomic E-state index is 11.3. The monoisotopic (exact) mass is 336 g/mol. The lowest BCUT2D eigenvalue weighted by Gasteiger charge is -2.12. The molecule has 1 fully saturated rings. The Kier molecular flexibility index (Phi) is 9.10. The lowest BCUT2D eigenvalue weighted by Crippen LogP contribution is -2.39. The van der Waals surface area contributed by atoms with Gasteiger partial charge < -0.3 is 10.6 Å². The van der Waals surface area contributed by atoms with Crippen molar-refractivity contribution in [2.45, 2.75) is 38.4 Å². The Balaban J connectivity index is 2.22. The van der Waals surface area contributed by atoms with Gasteiger partial charge in [0.25, 0.3) is 0 Å². The molecule has 0 aliphatic carbocycles. The van der Waals surface area contributed by atoms with E-state index in [1.54, 1.807) is 6.92 Å². The van der Waals surface area contributed by atoms with Crippen molar-refractivity contribution in [1.29, 1.82) is 0 Å². The first-order valence-electron chi connectivity index (χ1n) is 7.68. The van der Waals surface area contributed by atoms with E-state index in [9.17, 15) is 8.42 Å². The van der Waals surface area contributed by atoms with Crippen LogP contribution in [0.15, 0.2) is 4.99 Å². The van der Waals surface area contributed by atoms with Crippen LogP contribution >= 0.6 is 11.8 Å². The normalized spacial score (nSPS) is 19.7. The molecule has 21 heavy (non-hydrogen) atoms. The second-order valence-electron chi connectivity index (χ2n) is 4.93. The summed E-state index contributed by atoms with van der Waals surface area (Å²) in [4.78, 5) is 4.59. The number of sulfonamides is 1. The molecule has 1 aliphatic heterocycles. The summed E-state index contributed by atoms with van der Waals surface area (Å²) < 4.78 is 25.1. The van der Waals surface area contributed by atoms with Gasteiger partial charge in [-0.1, -0.05) is 0 Å². The van der Waals surface area contributed by atoms with Crippen LogP contribution in [0.5, 0.6) is 0 Å². The quantitative estimate of drug-likeness (QED) is 0.329. The van der Waals surface area contributed by atoms with Crippen LogP contribution in [-0.4, -0.2) is 57.3 Å². The number of guanidine groups is 1. The summed E-state index contributed by atoms with van der Waals surface area (Å²) in [5, 5.41) is 7.11. The van der Waals surface area contributed by atoms with Gasteiger partial charge in [-0.25, -0.2) is 13.1 Å². The smallest absolute Gasteiger partial charge is 0.211 e. The summed E-state index contributed by atoms with van der Waals surface area (Å²) in [6.45, 7) is 6.51. The van der Waals surface area contributed by atoms with E-state index < -0.39 is 10.0 Å². The summed E-state index contributed by atoms with van der Waals surface area (Å²) in [7, 11) is -3.08. The average Bonchev–Trinajstić information content (AvgIpc) is 2.97. The molecule has 0 amide bonds. The van der Waals surface area contributed by atoms with Crippen LogP contribution in [0.25, 0.3) is 0 Å². The van der Waals surface area contributed by atoms with Crippen molar-refractivity contribution in [2.24, 2.45) is 4.99 Å². The summed E-state index contributed by atoms with van der Waals surface area (Å²) in [6.07, 6.45) is 3.29. The SMILES string of the molecule is CCNC(=NCC1CCCS1)NCCCNS(=O)(=O)CC. The van der Waals surface area contributed by atoms with Gasteiger partial charge in [0, 0.05) is 24.9 Å². The highest BCUT2D eigenvalue weighted by atomic mass is 32.2. The van der Waals surface area contributed by atoms with E-state index in [1.165, 1.54) is 18.6 Å². The van der Waals surface area contributed by atoms with E-state index in [4.69, 9.17) is 0 Å². The fourth-order valence-corrected chi connectivity index (χ4v) is 3.79. The molecule has 0 aromatic rings. The van der Waals surface area contributed by atoms with Crippen LogP contribution in [0.2, 0.25) is 0 Å². The van der Waals surface area contributed by atoms with Crippen LogP contribution in [0.3, 0.4) is 0 Å². The summed E-state index contributed by atoms with van der Waals surface area (Å²) in [5.74, 6) is 2.20. The van der Waals surface area contributed by atoms with Gasteiger partial charge in [-0.15, -0.1) is 0 Å². The number of nitrogens with zero attached hydrogens (tertiary/aromatic N) is 1. The Bertz CT molecular complexity index is 406. The van der Waals surface area contributed by atoms with Gasteiger partial charge >= 0.3 is 0 Å². The predicted octanol–water partition coefficient (Wildman–Crippen LogP) is 0.767. The molecule has 3 N–H and O–H groups in total. The molecule has 1 atom stereocenters. The average molecular weight is 337 g/mol. The molecule has 6 nitrogen and oxygen atoms in total. The van der Waals surface area contributed by atoms with Crippen molar-refractivity contribution >= 4 is 27.7 Å². The number of rotatable bonds is 9. The molecule has 0 aromatic carbocycles. The van der Waals surface area contributed by atoms with Crippen molar-refractivity contribution < 1.29 is 8.42 Å². The first kappa shape index (κ1) is 18.6. The maximum Gasteiger partial charge on any atom is 0.211 e. The van der Waals surface area contributed by atoms with Crippen LogP contribution in [0, 0.1) is 0 Å². The van der Waals surface area contributed by atoms with Gasteiger partial charge in [-0.2, -0.15) is 11.8 Å². The largest absolute Gasteiger partial charge is 0.357 e. The lowest BCUT2D eigenvalue weighted by atomic mass is 10.2. The first-order valence-corrected chi connectivity index (χ1v) is 10.4. The van der Waals surface area contributed by atoms with Gasteiger partial charge in [0.2, 0.25) is 10.0 Å². The highest BCUT2D eigenvalue weighted by Gasteiger charge is 2.14. The number of nitrogens with one attached hydrogen (secondary N) is 3. The van der Waals surface area contributed by atoms with Crippen LogP contribution < -0.4 is 15.4 Å². The molecule has 0 saturated carbocycles. The Labute approximate surface area is 133 Å². The zero-order valence-electron chi connectivity index (χ0n) is 13.0. The van der Waals surface area contributed by atoms with Gasteiger partial charge in [0.05, 0.1) is 12.3 Å². The molecule has 1 saturated heterocycles. The number of hydrogen-bond donors (Lipinski definition) is 3. The highest BCUT2D eigenvalue weighted by Crippen LogP contribution is 2.25. The lowest BCUT2D eigenvalue weighted by molar-refractivity contribution is 0.579. The van der Waals surface area contributed by atoms with E-state index in [-0.39, 0.29) is 5.75 Å². The van der Waals surface area contributed by atoms with E-state index in [2.05, 4.69) is 20.3 Å². The van der Waals surface area contributed by atoms with E-state index in [1.807, 2.05) is 18.7 Å². The van der Waals surface area contributed by atoms with Crippen molar-refractivity contribution in [3.63, 3.8) is 0 Å². The third kappa shape index (κ3) is 8.53. The topological polar surface area (TPSA) is 82.6 Å². The Morgan fingerprint density at radius 1 is 1.29 bits per heavy atom. The number of thioether (sulfide) groups is 1. The summed E-state index contributed by atoms with van der Waals surface area (Å²) >= 11 is 2.00. The zero-order chi connectivity index (χ0) is 15.6. The molecule has 1 rings (SSSR count). The van der Waals surface area contributed by atoms with E-state index >= 15 is 0 Å². The van der Waals surface area contributed by atoms with Crippen molar-refractivity contribution in [3.05, 3.63) is 0 Å². The second-order valence-corrected chi connectivity index (χ2v) is 8.44. The van der Waals surface area contributed by atoms with Gasteiger partial charge in [0.15, 0.2) is 5.96 Å². The van der Waals surface area contributed by atoms with Gasteiger partial charge in [0.1, 0.15) is 0 Å². The molecule has 1 heterocycles. The Hall–Kier alpha value is -0.470. The number of aliphatic imine (C=N–C) groups is 1. The van der Waals surface area contributed by atoms with Crippen molar-refractivity contribution in [1.82, 2.24) is 15.4 Å². The molecular formula is C13H28N4O2S2. The van der Waals surface area contributed by atoms with Gasteiger partial charge in [-0.05, 0) is 38.9 Å². The fraction of sp³-hybridized carbons (Fsp3) is 0.923. The minimum absolute atomic E-state index is 0.129. The third-order valence-corrected chi connectivity index (χ3v) is 5.95. The molecule has 0 radical (unpaired) electrons. The maximum atomic E-state index is 11.3. The van der Waals surface area contributed by atoms with E-state index in [0.717, 1.165) is 25.5 Å². The van der Waals surface area contributed by atoms with Gasteiger partial charge in [-0.3, -0.25) is 4.99 Å². The molecule has 8 heteroatoms. The third-order valence-electron chi connectivity index (χ3n) is 3.17. The molecule has 0 spiro atoms. The molecule has 0 aromatic heterocycles. The fourth-order valence-electron chi connectivity index (χ4n) is 1.95. The van der Waals surface area contributed by atoms with Crippen LogP contribution in [0.4, 0.5) is 0 Å². The first-order chi connectivity index (χ1) is 10.1. The zero-order valence-corrected chi connectivity index (χ0v) is 14.7.